The number of likely N-dealkylation sites (N-methyl/N-ethyl adjacent to an activating group) is 1. The first-order valence-corrected chi connectivity index (χ1v) is 6.32. The first-order chi connectivity index (χ1) is 9.15. The van der Waals surface area contributed by atoms with Gasteiger partial charge in [0.1, 0.15) is 6.20 Å². The van der Waals surface area contributed by atoms with Gasteiger partial charge in [-0.05, 0) is 6.54 Å². The molecular weight excluding hydrogens is 248 g/mol. The molecular formula is C11H18N6O2. The van der Waals surface area contributed by atoms with Gasteiger partial charge in [-0.2, -0.15) is 4.98 Å². The molecule has 1 fully saturated rings. The van der Waals surface area contributed by atoms with E-state index in [2.05, 4.69) is 27.1 Å². The highest BCUT2D eigenvalue weighted by molar-refractivity contribution is 5.59. The lowest BCUT2D eigenvalue weighted by atomic mass is 10.3. The largest absolute Gasteiger partial charge is 0.357 e. The van der Waals surface area contributed by atoms with Gasteiger partial charge in [-0.25, -0.2) is 4.98 Å². The maximum atomic E-state index is 11.1. The van der Waals surface area contributed by atoms with Crippen LogP contribution in [0.3, 0.4) is 0 Å². The van der Waals surface area contributed by atoms with Crippen molar-refractivity contribution in [3.05, 3.63) is 16.3 Å². The van der Waals surface area contributed by atoms with E-state index in [-0.39, 0.29) is 5.69 Å². The second-order valence-corrected chi connectivity index (χ2v) is 4.33. The number of nitro groups is 1. The molecule has 0 amide bonds. The van der Waals surface area contributed by atoms with Gasteiger partial charge in [-0.15, -0.1) is 0 Å². The summed E-state index contributed by atoms with van der Waals surface area (Å²) in [5, 5.41) is 13.9. The van der Waals surface area contributed by atoms with Crippen molar-refractivity contribution in [1.82, 2.24) is 14.9 Å². The van der Waals surface area contributed by atoms with Crippen LogP contribution in [0.1, 0.15) is 6.92 Å². The molecule has 0 aliphatic carbocycles. The van der Waals surface area contributed by atoms with Gasteiger partial charge in [-0.3, -0.25) is 10.1 Å². The van der Waals surface area contributed by atoms with Gasteiger partial charge in [0.25, 0.3) is 0 Å². The van der Waals surface area contributed by atoms with Crippen molar-refractivity contribution in [2.45, 2.75) is 6.92 Å². The van der Waals surface area contributed by atoms with Crippen LogP contribution in [-0.2, 0) is 0 Å². The third kappa shape index (κ3) is 2.90. The van der Waals surface area contributed by atoms with E-state index in [9.17, 15) is 10.1 Å². The van der Waals surface area contributed by atoms with Crippen LogP contribution in [0.5, 0.6) is 0 Å². The van der Waals surface area contributed by atoms with E-state index in [0.29, 0.717) is 11.8 Å². The summed E-state index contributed by atoms with van der Waals surface area (Å²) in [6, 6.07) is 0. The lowest BCUT2D eigenvalue weighted by molar-refractivity contribution is -0.384. The molecule has 0 atom stereocenters. The maximum absolute atomic E-state index is 11.1. The Labute approximate surface area is 111 Å². The van der Waals surface area contributed by atoms with Crippen LogP contribution >= 0.6 is 0 Å². The maximum Gasteiger partial charge on any atom is 0.329 e. The Morgan fingerprint density at radius 3 is 2.63 bits per heavy atom. The van der Waals surface area contributed by atoms with Crippen LogP contribution in [-0.4, -0.2) is 59.6 Å². The van der Waals surface area contributed by atoms with E-state index in [1.54, 1.807) is 7.05 Å². The molecule has 8 nitrogen and oxygen atoms in total. The summed E-state index contributed by atoms with van der Waals surface area (Å²) in [5.41, 5.74) is -0.0380. The van der Waals surface area contributed by atoms with Crippen LogP contribution in [0.2, 0.25) is 0 Å². The number of nitrogens with one attached hydrogen (secondary N) is 1. The zero-order chi connectivity index (χ0) is 13.8. The Morgan fingerprint density at radius 1 is 1.42 bits per heavy atom. The molecule has 0 bridgehead atoms. The monoisotopic (exact) mass is 266 g/mol. The standard InChI is InChI=1S/C11H18N6O2/c1-3-15-4-6-16(7-5-15)10-9(17(18)19)8-13-11(12-2)14-10/h8H,3-7H2,1-2H3,(H,12,13,14). The van der Waals surface area contributed by atoms with E-state index < -0.39 is 4.92 Å². The number of anilines is 2. The fourth-order valence-electron chi connectivity index (χ4n) is 2.12. The van der Waals surface area contributed by atoms with Crippen LogP contribution in [0.25, 0.3) is 0 Å². The predicted octanol–water partition coefficient (Wildman–Crippen LogP) is 0.568. The highest BCUT2D eigenvalue weighted by Crippen LogP contribution is 2.26. The zero-order valence-corrected chi connectivity index (χ0v) is 11.2. The lowest BCUT2D eigenvalue weighted by Crippen LogP contribution is -2.46. The molecule has 0 unspecified atom stereocenters. The topological polar surface area (TPSA) is 87.4 Å². The molecule has 1 saturated heterocycles. The van der Waals surface area contributed by atoms with Gasteiger partial charge in [0, 0.05) is 33.2 Å². The summed E-state index contributed by atoms with van der Waals surface area (Å²) in [7, 11) is 1.69. The van der Waals surface area contributed by atoms with Gasteiger partial charge >= 0.3 is 5.69 Å². The SMILES string of the molecule is CCN1CCN(c2nc(NC)ncc2[N+](=O)[O-])CC1. The van der Waals surface area contributed by atoms with E-state index in [4.69, 9.17) is 0 Å². The highest BCUT2D eigenvalue weighted by atomic mass is 16.6. The third-order valence-electron chi connectivity index (χ3n) is 3.29. The van der Waals surface area contributed by atoms with Crippen molar-refractivity contribution in [2.24, 2.45) is 0 Å². The normalized spacial score (nSPS) is 16.4. The third-order valence-corrected chi connectivity index (χ3v) is 3.29. The first kappa shape index (κ1) is 13.5. The number of hydrogen-bond acceptors (Lipinski definition) is 7. The molecule has 0 saturated carbocycles. The molecule has 8 heteroatoms. The average molecular weight is 266 g/mol. The van der Waals surface area contributed by atoms with Crippen molar-refractivity contribution in [2.75, 3.05) is 50.0 Å². The summed E-state index contributed by atoms with van der Waals surface area (Å²) in [6.45, 7) is 6.40. The van der Waals surface area contributed by atoms with Crippen molar-refractivity contribution >= 4 is 17.5 Å². The summed E-state index contributed by atoms with van der Waals surface area (Å²) < 4.78 is 0. The molecule has 1 aromatic heterocycles. The molecule has 1 aliphatic heterocycles. The predicted molar refractivity (Wildman–Crippen MR) is 72.6 cm³/mol. The number of aromatic nitrogens is 2. The summed E-state index contributed by atoms with van der Waals surface area (Å²) in [5.74, 6) is 0.804. The average Bonchev–Trinajstić information content (AvgIpc) is 2.46. The molecule has 1 aromatic rings. The molecule has 0 aromatic carbocycles. The van der Waals surface area contributed by atoms with Crippen molar-refractivity contribution in [3.63, 3.8) is 0 Å². The summed E-state index contributed by atoms with van der Waals surface area (Å²) in [6.07, 6.45) is 1.26. The van der Waals surface area contributed by atoms with Gasteiger partial charge in [0.05, 0.1) is 4.92 Å². The Hall–Kier alpha value is -1.96. The fraction of sp³-hybridized carbons (Fsp3) is 0.636. The minimum atomic E-state index is -0.430. The number of nitrogens with zero attached hydrogens (tertiary/aromatic N) is 5. The van der Waals surface area contributed by atoms with Crippen molar-refractivity contribution in [1.29, 1.82) is 0 Å². The molecule has 2 rings (SSSR count). The lowest BCUT2D eigenvalue weighted by Gasteiger charge is -2.34. The van der Waals surface area contributed by atoms with E-state index in [1.807, 2.05) is 4.90 Å². The van der Waals surface area contributed by atoms with Gasteiger partial charge < -0.3 is 15.1 Å². The Kier molecular flexibility index (Phi) is 4.10. The molecule has 0 radical (unpaired) electrons. The second-order valence-electron chi connectivity index (χ2n) is 4.33. The van der Waals surface area contributed by atoms with Gasteiger partial charge in [0.2, 0.25) is 11.8 Å². The van der Waals surface area contributed by atoms with Crippen molar-refractivity contribution in [3.8, 4) is 0 Å². The Morgan fingerprint density at radius 2 is 2.11 bits per heavy atom. The fourth-order valence-corrected chi connectivity index (χ4v) is 2.12. The minimum absolute atomic E-state index is 0.0380. The summed E-state index contributed by atoms with van der Waals surface area (Å²) in [4.78, 5) is 23.0. The quantitative estimate of drug-likeness (QED) is 0.629. The van der Waals surface area contributed by atoms with Crippen LogP contribution in [0, 0.1) is 10.1 Å². The van der Waals surface area contributed by atoms with Crippen LogP contribution in [0.4, 0.5) is 17.5 Å². The molecule has 1 aliphatic rings. The van der Waals surface area contributed by atoms with Gasteiger partial charge in [-0.1, -0.05) is 6.92 Å². The smallest absolute Gasteiger partial charge is 0.329 e. The van der Waals surface area contributed by atoms with E-state index >= 15 is 0 Å². The number of hydrogen-bond donors (Lipinski definition) is 1. The number of rotatable bonds is 4. The Bertz CT molecular complexity index is 458. The summed E-state index contributed by atoms with van der Waals surface area (Å²) >= 11 is 0. The molecule has 2 heterocycles. The van der Waals surface area contributed by atoms with E-state index in [0.717, 1.165) is 32.7 Å². The minimum Gasteiger partial charge on any atom is -0.357 e. The van der Waals surface area contributed by atoms with Crippen LogP contribution in [0.15, 0.2) is 6.20 Å². The molecule has 1 N–H and O–H groups in total. The van der Waals surface area contributed by atoms with E-state index in [1.165, 1.54) is 6.20 Å². The second kappa shape index (κ2) is 5.79. The Balaban J connectivity index is 2.24. The first-order valence-electron chi connectivity index (χ1n) is 6.32. The number of piperazine rings is 1. The zero-order valence-electron chi connectivity index (χ0n) is 11.2. The van der Waals surface area contributed by atoms with Crippen molar-refractivity contribution < 1.29 is 4.92 Å². The molecule has 0 spiro atoms. The molecule has 19 heavy (non-hydrogen) atoms. The van der Waals surface area contributed by atoms with Gasteiger partial charge in [0.15, 0.2) is 0 Å². The highest BCUT2D eigenvalue weighted by Gasteiger charge is 2.25. The molecule has 104 valence electrons. The van der Waals surface area contributed by atoms with Crippen LogP contribution < -0.4 is 10.2 Å².